The number of nitrogens with one attached hydrogen (secondary N) is 1. The number of halogens is 1. The predicted molar refractivity (Wildman–Crippen MR) is 110 cm³/mol. The average molecular weight is 423 g/mol. The van der Waals surface area contributed by atoms with Gasteiger partial charge in [-0.3, -0.25) is 4.98 Å². The predicted octanol–water partition coefficient (Wildman–Crippen LogP) is 3.70. The van der Waals surface area contributed by atoms with Crippen LogP contribution in [0.2, 0.25) is 0 Å². The molecule has 2 fully saturated rings. The lowest BCUT2D eigenvalue weighted by Gasteiger charge is -2.36. The second-order valence-electron chi connectivity index (χ2n) is 8.03. The Morgan fingerprint density at radius 2 is 1.97 bits per heavy atom. The fraction of sp³-hybridized carbons (Fsp3) is 0.364. The van der Waals surface area contributed by atoms with Crippen LogP contribution in [-0.2, 0) is 4.74 Å². The minimum atomic E-state index is -0.396. The summed E-state index contributed by atoms with van der Waals surface area (Å²) in [5.74, 6) is 0.460. The maximum absolute atomic E-state index is 13.5. The van der Waals surface area contributed by atoms with Crippen molar-refractivity contribution < 1.29 is 18.3 Å². The molecule has 1 spiro atoms. The van der Waals surface area contributed by atoms with Crippen LogP contribution in [0, 0.1) is 11.2 Å². The van der Waals surface area contributed by atoms with Crippen molar-refractivity contribution in [1.29, 1.82) is 0 Å². The van der Waals surface area contributed by atoms with Gasteiger partial charge in [-0.25, -0.2) is 9.18 Å². The standard InChI is InChI=1S/C22H22FN5O3/c23-16-2-1-3-17(12-16)25-21(29)28-13-18(22(14-28)6-10-30-11-7-22)20-27-26-19(31-20)15-4-8-24-9-5-15/h1-5,8-9,12,18H,6-7,10-11,13-14H2,(H,25,29). The third-order valence-corrected chi connectivity index (χ3v) is 6.17. The summed E-state index contributed by atoms with van der Waals surface area (Å²) in [6, 6.07) is 9.23. The molecule has 4 heterocycles. The number of amides is 2. The van der Waals surface area contributed by atoms with Gasteiger partial charge < -0.3 is 19.4 Å². The van der Waals surface area contributed by atoms with Crippen LogP contribution >= 0.6 is 0 Å². The minimum absolute atomic E-state index is 0.0993. The Morgan fingerprint density at radius 3 is 2.74 bits per heavy atom. The number of anilines is 1. The van der Waals surface area contributed by atoms with Gasteiger partial charge in [-0.2, -0.15) is 0 Å². The Bertz CT molecular complexity index is 1070. The molecular formula is C22H22FN5O3. The zero-order valence-corrected chi connectivity index (χ0v) is 16.8. The minimum Gasteiger partial charge on any atom is -0.420 e. The van der Waals surface area contributed by atoms with Gasteiger partial charge >= 0.3 is 6.03 Å². The van der Waals surface area contributed by atoms with E-state index in [0.29, 0.717) is 43.8 Å². The molecule has 3 aromatic rings. The number of carbonyl (C=O) groups is 1. The number of hydrogen-bond acceptors (Lipinski definition) is 6. The Hall–Kier alpha value is -3.33. The molecule has 31 heavy (non-hydrogen) atoms. The summed E-state index contributed by atoms with van der Waals surface area (Å²) in [6.45, 7) is 2.25. The van der Waals surface area contributed by atoms with E-state index in [4.69, 9.17) is 9.15 Å². The van der Waals surface area contributed by atoms with Crippen LogP contribution in [-0.4, -0.2) is 52.4 Å². The van der Waals surface area contributed by atoms with E-state index in [1.54, 1.807) is 29.4 Å². The number of ether oxygens (including phenoxy) is 1. The molecule has 8 nitrogen and oxygen atoms in total. The molecule has 1 N–H and O–H groups in total. The smallest absolute Gasteiger partial charge is 0.321 e. The topological polar surface area (TPSA) is 93.4 Å². The summed E-state index contributed by atoms with van der Waals surface area (Å²) in [6.07, 6.45) is 4.95. The Kier molecular flexibility index (Phi) is 5.11. The molecule has 1 aromatic carbocycles. The largest absolute Gasteiger partial charge is 0.420 e. The van der Waals surface area contributed by atoms with E-state index < -0.39 is 5.82 Å². The molecule has 1 unspecified atom stereocenters. The number of pyridine rings is 1. The fourth-order valence-electron chi connectivity index (χ4n) is 4.50. The highest BCUT2D eigenvalue weighted by molar-refractivity contribution is 5.89. The molecule has 1 atom stereocenters. The van der Waals surface area contributed by atoms with Crippen LogP contribution in [0.15, 0.2) is 53.2 Å². The molecule has 0 radical (unpaired) electrons. The van der Waals surface area contributed by atoms with Crippen LogP contribution < -0.4 is 5.32 Å². The number of likely N-dealkylation sites (tertiary alicyclic amines) is 1. The van der Waals surface area contributed by atoms with E-state index in [9.17, 15) is 9.18 Å². The highest BCUT2D eigenvalue weighted by Crippen LogP contribution is 2.49. The molecular weight excluding hydrogens is 401 g/mol. The third-order valence-electron chi connectivity index (χ3n) is 6.17. The van der Waals surface area contributed by atoms with Gasteiger partial charge in [-0.05, 0) is 43.2 Å². The van der Waals surface area contributed by atoms with Gasteiger partial charge in [0.05, 0.1) is 5.92 Å². The van der Waals surface area contributed by atoms with E-state index in [1.165, 1.54) is 12.1 Å². The van der Waals surface area contributed by atoms with E-state index in [0.717, 1.165) is 18.4 Å². The average Bonchev–Trinajstić information content (AvgIpc) is 3.40. The summed E-state index contributed by atoms with van der Waals surface area (Å²) in [4.78, 5) is 18.7. The molecule has 160 valence electrons. The van der Waals surface area contributed by atoms with E-state index in [2.05, 4.69) is 20.5 Å². The number of urea groups is 1. The first-order chi connectivity index (χ1) is 15.1. The van der Waals surface area contributed by atoms with Gasteiger partial charge in [-0.15, -0.1) is 10.2 Å². The highest BCUT2D eigenvalue weighted by atomic mass is 19.1. The molecule has 0 bridgehead atoms. The summed E-state index contributed by atoms with van der Waals surface area (Å²) in [7, 11) is 0. The maximum atomic E-state index is 13.5. The molecule has 9 heteroatoms. The summed E-state index contributed by atoms with van der Waals surface area (Å²) in [5.41, 5.74) is 1.03. The van der Waals surface area contributed by atoms with Crippen LogP contribution in [0.3, 0.4) is 0 Å². The van der Waals surface area contributed by atoms with Gasteiger partial charge in [0.1, 0.15) is 5.82 Å². The maximum Gasteiger partial charge on any atom is 0.321 e. The van der Waals surface area contributed by atoms with Crippen molar-refractivity contribution >= 4 is 11.7 Å². The van der Waals surface area contributed by atoms with Crippen molar-refractivity contribution in [3.8, 4) is 11.5 Å². The van der Waals surface area contributed by atoms with E-state index >= 15 is 0 Å². The first-order valence-electron chi connectivity index (χ1n) is 10.3. The second-order valence-corrected chi connectivity index (χ2v) is 8.03. The molecule has 5 rings (SSSR count). The lowest BCUT2D eigenvalue weighted by molar-refractivity contribution is 0.0104. The van der Waals surface area contributed by atoms with Crippen LogP contribution in [0.1, 0.15) is 24.7 Å². The van der Waals surface area contributed by atoms with Crippen molar-refractivity contribution in [2.45, 2.75) is 18.8 Å². The number of carbonyl (C=O) groups excluding carboxylic acids is 1. The fourth-order valence-corrected chi connectivity index (χ4v) is 4.50. The van der Waals surface area contributed by atoms with E-state index in [1.807, 2.05) is 12.1 Å². The number of nitrogens with zero attached hydrogens (tertiary/aromatic N) is 4. The quantitative estimate of drug-likeness (QED) is 0.691. The number of aromatic nitrogens is 3. The molecule has 0 saturated carbocycles. The monoisotopic (exact) mass is 423 g/mol. The molecule has 2 aliphatic rings. The normalized spacial score (nSPS) is 20.2. The third kappa shape index (κ3) is 3.88. The molecule has 2 aromatic heterocycles. The van der Waals surface area contributed by atoms with Gasteiger partial charge in [0, 0.05) is 55.4 Å². The van der Waals surface area contributed by atoms with Crippen molar-refractivity contribution in [2.24, 2.45) is 5.41 Å². The molecule has 2 aliphatic heterocycles. The molecule has 2 amide bonds. The van der Waals surface area contributed by atoms with E-state index in [-0.39, 0.29) is 17.4 Å². The van der Waals surface area contributed by atoms with Crippen LogP contribution in [0.25, 0.3) is 11.5 Å². The van der Waals surface area contributed by atoms with Gasteiger partial charge in [0.15, 0.2) is 0 Å². The van der Waals surface area contributed by atoms with Gasteiger partial charge in [0.25, 0.3) is 0 Å². The lowest BCUT2D eigenvalue weighted by Crippen LogP contribution is -2.38. The Balaban J connectivity index is 1.39. The first-order valence-corrected chi connectivity index (χ1v) is 10.3. The van der Waals surface area contributed by atoms with Crippen molar-refractivity contribution in [3.63, 3.8) is 0 Å². The van der Waals surface area contributed by atoms with Gasteiger partial charge in [0.2, 0.25) is 11.8 Å². The van der Waals surface area contributed by atoms with Crippen molar-refractivity contribution in [3.05, 3.63) is 60.5 Å². The Morgan fingerprint density at radius 1 is 1.16 bits per heavy atom. The molecule has 2 saturated heterocycles. The SMILES string of the molecule is O=C(Nc1cccc(F)c1)N1CC(c2nnc(-c3ccncc3)o2)C2(CCOCC2)C1. The Labute approximate surface area is 178 Å². The second kappa shape index (κ2) is 8.07. The summed E-state index contributed by atoms with van der Waals surface area (Å²) >= 11 is 0. The summed E-state index contributed by atoms with van der Waals surface area (Å²) in [5, 5.41) is 11.3. The number of hydrogen-bond donors (Lipinski definition) is 1. The zero-order valence-electron chi connectivity index (χ0n) is 16.8. The zero-order chi connectivity index (χ0) is 21.3. The molecule has 0 aliphatic carbocycles. The van der Waals surface area contributed by atoms with Gasteiger partial charge in [-0.1, -0.05) is 6.07 Å². The lowest BCUT2D eigenvalue weighted by atomic mass is 9.72. The summed E-state index contributed by atoms with van der Waals surface area (Å²) < 4.78 is 25.1. The number of benzene rings is 1. The van der Waals surface area contributed by atoms with Crippen molar-refractivity contribution in [1.82, 2.24) is 20.1 Å². The van der Waals surface area contributed by atoms with Crippen LogP contribution in [0.4, 0.5) is 14.9 Å². The van der Waals surface area contributed by atoms with Crippen molar-refractivity contribution in [2.75, 3.05) is 31.6 Å². The van der Waals surface area contributed by atoms with Crippen LogP contribution in [0.5, 0.6) is 0 Å². The highest BCUT2D eigenvalue weighted by Gasteiger charge is 2.51. The number of rotatable bonds is 3. The first kappa shape index (κ1) is 19.6.